The Balaban J connectivity index is 2.47. The van der Waals surface area contributed by atoms with E-state index in [1.807, 2.05) is 31.2 Å². The maximum Gasteiger partial charge on any atom is 0.336 e. The van der Waals surface area contributed by atoms with Gasteiger partial charge < -0.3 is 9.47 Å². The minimum absolute atomic E-state index is 0.0506. The van der Waals surface area contributed by atoms with Crippen molar-refractivity contribution in [2.75, 3.05) is 19.0 Å². The number of hydrogen-bond acceptors (Lipinski definition) is 7. The Kier molecular flexibility index (Phi) is 8.22. The van der Waals surface area contributed by atoms with Gasteiger partial charge in [-0.15, -0.1) is 0 Å². The highest BCUT2D eigenvalue weighted by Gasteiger charge is 2.39. The second kappa shape index (κ2) is 10.6. The molecule has 0 saturated heterocycles. The van der Waals surface area contributed by atoms with Gasteiger partial charge in [0.1, 0.15) is 12.5 Å². The molecule has 0 N–H and O–H groups in total. The van der Waals surface area contributed by atoms with E-state index < -0.39 is 17.8 Å². The fourth-order valence-electron chi connectivity index (χ4n) is 3.04. The Labute approximate surface area is 175 Å². The van der Waals surface area contributed by atoms with Gasteiger partial charge in [-0.1, -0.05) is 54.2 Å². The quantitative estimate of drug-likeness (QED) is 0.498. The molecule has 0 amide bonds. The van der Waals surface area contributed by atoms with Gasteiger partial charge in [-0.05, 0) is 26.3 Å². The smallest absolute Gasteiger partial charge is 0.336 e. The number of nitrogens with zero attached hydrogens (tertiary/aromatic N) is 2. The molecule has 2 atom stereocenters. The summed E-state index contributed by atoms with van der Waals surface area (Å²) in [4.78, 5) is 29.0. The Morgan fingerprint density at radius 1 is 1.28 bits per heavy atom. The summed E-state index contributed by atoms with van der Waals surface area (Å²) in [6, 6.07) is 9.94. The van der Waals surface area contributed by atoms with Crippen LogP contribution in [0.15, 0.2) is 53.2 Å². The maximum absolute atomic E-state index is 12.8. The number of allylic oxidation sites excluding steroid dienone is 1. The third-order valence-electron chi connectivity index (χ3n) is 4.35. The molecule has 1 aromatic carbocycles. The van der Waals surface area contributed by atoms with E-state index in [2.05, 4.69) is 17.6 Å². The van der Waals surface area contributed by atoms with Crippen LogP contribution < -0.4 is 0 Å². The van der Waals surface area contributed by atoms with Crippen LogP contribution in [0, 0.1) is 24.2 Å². The van der Waals surface area contributed by atoms with E-state index in [1.165, 1.54) is 17.8 Å². The number of ether oxygens (including phenoxy) is 2. The average molecular weight is 413 g/mol. The van der Waals surface area contributed by atoms with Crippen LogP contribution in [0.2, 0.25) is 0 Å². The predicted octanol–water partition coefficient (Wildman–Crippen LogP) is 3.93. The summed E-state index contributed by atoms with van der Waals surface area (Å²) in [5.41, 5.74) is 2.71. The van der Waals surface area contributed by atoms with Crippen molar-refractivity contribution >= 4 is 28.7 Å². The maximum atomic E-state index is 12.8. The van der Waals surface area contributed by atoms with Crippen LogP contribution in [0.5, 0.6) is 0 Å². The van der Waals surface area contributed by atoms with Crippen LogP contribution in [0.3, 0.4) is 0 Å². The molecule has 1 aliphatic rings. The SMILES string of the molecule is C=CCOC(=O)C1=C(C)N=C(SCC(=O)OCC)C(C#N)[C@@H]1c1ccc(C)cc1. The van der Waals surface area contributed by atoms with Gasteiger partial charge in [0.05, 0.1) is 29.0 Å². The van der Waals surface area contributed by atoms with Gasteiger partial charge in [0.15, 0.2) is 0 Å². The van der Waals surface area contributed by atoms with Gasteiger partial charge in [-0.2, -0.15) is 5.26 Å². The van der Waals surface area contributed by atoms with E-state index in [0.717, 1.165) is 11.1 Å². The third-order valence-corrected chi connectivity index (χ3v) is 5.37. The molecule has 6 nitrogen and oxygen atoms in total. The molecule has 1 heterocycles. The van der Waals surface area contributed by atoms with Gasteiger partial charge >= 0.3 is 11.9 Å². The fraction of sp³-hybridized carbons (Fsp3) is 0.364. The molecule has 152 valence electrons. The molecule has 29 heavy (non-hydrogen) atoms. The Morgan fingerprint density at radius 2 is 1.97 bits per heavy atom. The number of hydrogen-bond donors (Lipinski definition) is 0. The number of carbonyl (C=O) groups is 2. The average Bonchev–Trinajstić information content (AvgIpc) is 2.70. The normalized spacial score (nSPS) is 18.5. The molecule has 0 bridgehead atoms. The van der Waals surface area contributed by atoms with Gasteiger partial charge in [0.25, 0.3) is 0 Å². The lowest BCUT2D eigenvalue weighted by Gasteiger charge is -2.29. The van der Waals surface area contributed by atoms with Crippen LogP contribution in [-0.4, -0.2) is 35.9 Å². The first-order valence-electron chi connectivity index (χ1n) is 9.24. The van der Waals surface area contributed by atoms with E-state index in [0.29, 0.717) is 16.3 Å². The van der Waals surface area contributed by atoms with E-state index in [1.54, 1.807) is 13.8 Å². The van der Waals surface area contributed by atoms with E-state index in [9.17, 15) is 14.9 Å². The molecule has 2 rings (SSSR count). The largest absolute Gasteiger partial charge is 0.465 e. The van der Waals surface area contributed by atoms with Crippen molar-refractivity contribution in [2.45, 2.75) is 26.7 Å². The summed E-state index contributed by atoms with van der Waals surface area (Å²) < 4.78 is 10.2. The molecular weight excluding hydrogens is 388 g/mol. The number of rotatable bonds is 7. The summed E-state index contributed by atoms with van der Waals surface area (Å²) in [5.74, 6) is -2.10. The van der Waals surface area contributed by atoms with E-state index in [-0.39, 0.29) is 24.9 Å². The zero-order chi connectivity index (χ0) is 21.4. The van der Waals surface area contributed by atoms with Crippen molar-refractivity contribution in [3.05, 3.63) is 59.3 Å². The first kappa shape index (κ1) is 22.4. The number of aryl methyl sites for hydroxylation is 1. The molecule has 1 aliphatic heterocycles. The number of aliphatic imine (C=N–C) groups is 1. The number of esters is 2. The lowest BCUT2D eigenvalue weighted by atomic mass is 9.79. The topological polar surface area (TPSA) is 88.8 Å². The van der Waals surface area contributed by atoms with Crippen molar-refractivity contribution < 1.29 is 19.1 Å². The van der Waals surface area contributed by atoms with Gasteiger partial charge in [0, 0.05) is 11.6 Å². The van der Waals surface area contributed by atoms with Crippen molar-refractivity contribution in [3.8, 4) is 6.07 Å². The predicted molar refractivity (Wildman–Crippen MR) is 113 cm³/mol. The highest BCUT2D eigenvalue weighted by molar-refractivity contribution is 8.14. The lowest BCUT2D eigenvalue weighted by Crippen LogP contribution is -2.30. The van der Waals surface area contributed by atoms with Crippen LogP contribution >= 0.6 is 11.8 Å². The van der Waals surface area contributed by atoms with Crippen LogP contribution in [0.1, 0.15) is 30.9 Å². The van der Waals surface area contributed by atoms with E-state index >= 15 is 0 Å². The van der Waals surface area contributed by atoms with Crippen molar-refractivity contribution in [1.29, 1.82) is 5.26 Å². The number of benzene rings is 1. The van der Waals surface area contributed by atoms with Crippen molar-refractivity contribution in [1.82, 2.24) is 0 Å². The van der Waals surface area contributed by atoms with Crippen LogP contribution in [0.4, 0.5) is 0 Å². The molecule has 1 unspecified atom stereocenters. The Hall–Kier alpha value is -2.85. The van der Waals surface area contributed by atoms with Crippen LogP contribution in [0.25, 0.3) is 0 Å². The summed E-state index contributed by atoms with van der Waals surface area (Å²) >= 11 is 1.17. The summed E-state index contributed by atoms with van der Waals surface area (Å²) in [7, 11) is 0. The summed E-state index contributed by atoms with van der Waals surface area (Å²) in [6.07, 6.45) is 1.49. The molecule has 7 heteroatoms. The molecule has 0 spiro atoms. The number of thioether (sulfide) groups is 1. The molecule has 0 aromatic heterocycles. The fourth-order valence-corrected chi connectivity index (χ4v) is 3.96. The Bertz CT molecular complexity index is 881. The minimum Gasteiger partial charge on any atom is -0.465 e. The number of nitriles is 1. The molecule has 0 radical (unpaired) electrons. The van der Waals surface area contributed by atoms with Crippen molar-refractivity contribution in [2.24, 2.45) is 10.9 Å². The second-order valence-corrected chi connectivity index (χ2v) is 7.42. The summed E-state index contributed by atoms with van der Waals surface area (Å²) in [6.45, 7) is 9.34. The molecule has 0 saturated carbocycles. The van der Waals surface area contributed by atoms with Crippen LogP contribution in [-0.2, 0) is 19.1 Å². The summed E-state index contributed by atoms with van der Waals surface area (Å²) in [5, 5.41) is 10.4. The lowest BCUT2D eigenvalue weighted by molar-refractivity contribution is -0.140. The van der Waals surface area contributed by atoms with Gasteiger partial charge in [-0.3, -0.25) is 4.79 Å². The zero-order valence-electron chi connectivity index (χ0n) is 16.8. The monoisotopic (exact) mass is 412 g/mol. The first-order chi connectivity index (χ1) is 13.9. The number of carbonyl (C=O) groups excluding carboxylic acids is 2. The minimum atomic E-state index is -0.716. The highest BCUT2D eigenvalue weighted by atomic mass is 32.2. The van der Waals surface area contributed by atoms with Gasteiger partial charge in [0.2, 0.25) is 0 Å². The first-order valence-corrected chi connectivity index (χ1v) is 10.2. The second-order valence-electron chi connectivity index (χ2n) is 6.43. The van der Waals surface area contributed by atoms with Gasteiger partial charge in [-0.25, -0.2) is 9.79 Å². The standard InChI is InChI=1S/C22H24N2O4S/c1-5-11-28-22(26)19-15(4)24-21(29-13-18(25)27-6-2)17(12-23)20(19)16-9-7-14(3)8-10-16/h5,7-10,17,20H,1,6,11,13H2,2-4H3/t17?,20-/m0/s1. The zero-order valence-corrected chi connectivity index (χ0v) is 17.6. The van der Waals surface area contributed by atoms with E-state index in [4.69, 9.17) is 9.47 Å². The third kappa shape index (κ3) is 5.58. The van der Waals surface area contributed by atoms with Crippen molar-refractivity contribution in [3.63, 3.8) is 0 Å². The molecule has 0 aliphatic carbocycles. The molecule has 0 fully saturated rings. The highest BCUT2D eigenvalue weighted by Crippen LogP contribution is 2.41. The Morgan fingerprint density at radius 3 is 2.55 bits per heavy atom. The molecular formula is C22H24N2O4S. The molecule has 1 aromatic rings.